The SMILES string of the molecule is CC(N)CCCC(C)C(=O)N(Cc1cccs1)C1CC1. The van der Waals surface area contributed by atoms with E-state index in [1.165, 1.54) is 17.7 Å². The van der Waals surface area contributed by atoms with Crippen molar-refractivity contribution in [2.45, 2.75) is 64.6 Å². The zero-order valence-corrected chi connectivity index (χ0v) is 13.4. The zero-order valence-electron chi connectivity index (χ0n) is 12.5. The third kappa shape index (κ3) is 4.60. The quantitative estimate of drug-likeness (QED) is 0.799. The minimum atomic E-state index is 0.120. The van der Waals surface area contributed by atoms with E-state index in [2.05, 4.69) is 29.3 Å². The van der Waals surface area contributed by atoms with Crippen molar-refractivity contribution in [1.29, 1.82) is 0 Å². The predicted octanol–water partition coefficient (Wildman–Crippen LogP) is 3.39. The smallest absolute Gasteiger partial charge is 0.225 e. The molecule has 3 nitrogen and oxygen atoms in total. The molecule has 1 aliphatic carbocycles. The minimum Gasteiger partial charge on any atom is -0.334 e. The molecule has 1 amide bonds. The van der Waals surface area contributed by atoms with Crippen molar-refractivity contribution < 1.29 is 4.79 Å². The Labute approximate surface area is 126 Å². The Hall–Kier alpha value is -0.870. The maximum Gasteiger partial charge on any atom is 0.225 e. The molecule has 1 fully saturated rings. The first kappa shape index (κ1) is 15.5. The van der Waals surface area contributed by atoms with Gasteiger partial charge >= 0.3 is 0 Å². The summed E-state index contributed by atoms with van der Waals surface area (Å²) in [5, 5.41) is 2.08. The standard InChI is InChI=1S/C16H26N2OS/c1-12(5-3-6-13(2)17)16(19)18(14-8-9-14)11-15-7-4-10-20-15/h4,7,10,12-14H,3,5-6,8-9,11,17H2,1-2H3. The maximum atomic E-state index is 12.6. The summed E-state index contributed by atoms with van der Waals surface area (Å²) in [5.74, 6) is 0.444. The van der Waals surface area contributed by atoms with Crippen LogP contribution in [0.2, 0.25) is 0 Å². The number of nitrogens with two attached hydrogens (primary N) is 1. The highest BCUT2D eigenvalue weighted by Crippen LogP contribution is 2.31. The van der Waals surface area contributed by atoms with Gasteiger partial charge in [-0.05, 0) is 44.1 Å². The van der Waals surface area contributed by atoms with Gasteiger partial charge in [0.25, 0.3) is 0 Å². The van der Waals surface area contributed by atoms with Crippen LogP contribution in [0.4, 0.5) is 0 Å². The van der Waals surface area contributed by atoms with Crippen LogP contribution in [0.25, 0.3) is 0 Å². The molecule has 0 spiro atoms. The first-order valence-corrected chi connectivity index (χ1v) is 8.54. The Bertz CT molecular complexity index is 412. The minimum absolute atomic E-state index is 0.120. The molecule has 0 saturated heterocycles. The van der Waals surface area contributed by atoms with Crippen LogP contribution in [0, 0.1) is 5.92 Å². The molecule has 2 unspecified atom stereocenters. The van der Waals surface area contributed by atoms with Crippen molar-refractivity contribution in [3.8, 4) is 0 Å². The third-order valence-corrected chi connectivity index (χ3v) is 4.76. The van der Waals surface area contributed by atoms with Crippen LogP contribution in [0.3, 0.4) is 0 Å². The van der Waals surface area contributed by atoms with Crippen LogP contribution < -0.4 is 5.73 Å². The molecule has 1 heterocycles. The topological polar surface area (TPSA) is 46.3 Å². The molecule has 0 aromatic carbocycles. The zero-order chi connectivity index (χ0) is 14.5. The van der Waals surface area contributed by atoms with Gasteiger partial charge < -0.3 is 10.6 Å². The van der Waals surface area contributed by atoms with Gasteiger partial charge in [0.05, 0.1) is 6.54 Å². The summed E-state index contributed by atoms with van der Waals surface area (Å²) in [5.41, 5.74) is 5.77. The van der Waals surface area contributed by atoms with E-state index in [0.717, 1.165) is 25.8 Å². The van der Waals surface area contributed by atoms with Gasteiger partial charge in [-0.3, -0.25) is 4.79 Å². The molecule has 0 radical (unpaired) electrons. The Morgan fingerprint density at radius 1 is 1.45 bits per heavy atom. The van der Waals surface area contributed by atoms with E-state index in [1.807, 2.05) is 6.92 Å². The fraction of sp³-hybridized carbons (Fsp3) is 0.688. The normalized spacial score (nSPS) is 17.8. The van der Waals surface area contributed by atoms with Gasteiger partial charge in [-0.15, -0.1) is 11.3 Å². The largest absolute Gasteiger partial charge is 0.334 e. The summed E-state index contributed by atoms with van der Waals surface area (Å²) in [4.78, 5) is 16.0. The summed E-state index contributed by atoms with van der Waals surface area (Å²) in [6.07, 6.45) is 5.34. The summed E-state index contributed by atoms with van der Waals surface area (Å²) >= 11 is 1.74. The average Bonchev–Trinajstić information content (AvgIpc) is 3.11. The van der Waals surface area contributed by atoms with Crippen molar-refractivity contribution >= 4 is 17.2 Å². The van der Waals surface area contributed by atoms with Gasteiger partial charge in [-0.1, -0.05) is 19.4 Å². The number of nitrogens with zero attached hydrogens (tertiary/aromatic N) is 1. The lowest BCUT2D eigenvalue weighted by Gasteiger charge is -2.25. The summed E-state index contributed by atoms with van der Waals surface area (Å²) in [6, 6.07) is 4.90. The first-order chi connectivity index (χ1) is 9.58. The number of carbonyl (C=O) groups is 1. The fourth-order valence-electron chi connectivity index (χ4n) is 2.50. The Kier molecular flexibility index (Phi) is 5.61. The van der Waals surface area contributed by atoms with E-state index in [4.69, 9.17) is 5.73 Å². The van der Waals surface area contributed by atoms with Crippen LogP contribution in [-0.4, -0.2) is 22.9 Å². The van der Waals surface area contributed by atoms with Crippen molar-refractivity contribution in [1.82, 2.24) is 4.90 Å². The number of hydrogen-bond donors (Lipinski definition) is 1. The monoisotopic (exact) mass is 294 g/mol. The second-order valence-electron chi connectivity index (χ2n) is 6.09. The summed E-state index contributed by atoms with van der Waals surface area (Å²) in [7, 11) is 0. The van der Waals surface area contributed by atoms with Crippen LogP contribution in [0.5, 0.6) is 0 Å². The lowest BCUT2D eigenvalue weighted by molar-refractivity contribution is -0.136. The molecule has 0 aliphatic heterocycles. The maximum absolute atomic E-state index is 12.6. The molecule has 1 saturated carbocycles. The lowest BCUT2D eigenvalue weighted by atomic mass is 10.0. The van der Waals surface area contributed by atoms with Crippen molar-refractivity contribution in [3.63, 3.8) is 0 Å². The van der Waals surface area contributed by atoms with E-state index < -0.39 is 0 Å². The lowest BCUT2D eigenvalue weighted by Crippen LogP contribution is -2.36. The van der Waals surface area contributed by atoms with Crippen molar-refractivity contribution in [2.75, 3.05) is 0 Å². The van der Waals surface area contributed by atoms with Crippen LogP contribution >= 0.6 is 11.3 Å². The summed E-state index contributed by atoms with van der Waals surface area (Å²) in [6.45, 7) is 4.88. The van der Waals surface area contributed by atoms with Gasteiger partial charge in [0, 0.05) is 22.9 Å². The highest BCUT2D eigenvalue weighted by molar-refractivity contribution is 7.09. The van der Waals surface area contributed by atoms with Gasteiger partial charge in [-0.25, -0.2) is 0 Å². The van der Waals surface area contributed by atoms with Crippen LogP contribution in [-0.2, 0) is 11.3 Å². The Morgan fingerprint density at radius 2 is 2.20 bits per heavy atom. The summed E-state index contributed by atoms with van der Waals surface area (Å²) < 4.78 is 0. The van der Waals surface area contributed by atoms with Crippen LogP contribution in [0.1, 0.15) is 50.8 Å². The second-order valence-corrected chi connectivity index (χ2v) is 7.12. The molecule has 2 N–H and O–H groups in total. The van der Waals surface area contributed by atoms with E-state index in [1.54, 1.807) is 11.3 Å². The molecular weight excluding hydrogens is 268 g/mol. The van der Waals surface area contributed by atoms with E-state index in [0.29, 0.717) is 11.9 Å². The second kappa shape index (κ2) is 7.23. The molecular formula is C16H26N2OS. The third-order valence-electron chi connectivity index (χ3n) is 3.90. The predicted molar refractivity (Wildman–Crippen MR) is 84.6 cm³/mol. The van der Waals surface area contributed by atoms with Gasteiger partial charge in [-0.2, -0.15) is 0 Å². The van der Waals surface area contributed by atoms with E-state index in [-0.39, 0.29) is 12.0 Å². The van der Waals surface area contributed by atoms with E-state index in [9.17, 15) is 4.79 Å². The Balaban J connectivity index is 1.86. The molecule has 2 rings (SSSR count). The van der Waals surface area contributed by atoms with Crippen molar-refractivity contribution in [2.24, 2.45) is 11.7 Å². The first-order valence-electron chi connectivity index (χ1n) is 7.66. The number of amides is 1. The van der Waals surface area contributed by atoms with Gasteiger partial charge in [0.1, 0.15) is 0 Å². The highest BCUT2D eigenvalue weighted by atomic mass is 32.1. The number of rotatable bonds is 8. The molecule has 2 atom stereocenters. The molecule has 1 aromatic heterocycles. The van der Waals surface area contributed by atoms with E-state index >= 15 is 0 Å². The fourth-order valence-corrected chi connectivity index (χ4v) is 3.20. The molecule has 112 valence electrons. The Morgan fingerprint density at radius 3 is 2.75 bits per heavy atom. The molecule has 0 bridgehead atoms. The molecule has 20 heavy (non-hydrogen) atoms. The average molecular weight is 294 g/mol. The molecule has 4 heteroatoms. The van der Waals surface area contributed by atoms with Gasteiger partial charge in [0.15, 0.2) is 0 Å². The molecule has 1 aromatic rings. The van der Waals surface area contributed by atoms with Crippen LogP contribution in [0.15, 0.2) is 17.5 Å². The van der Waals surface area contributed by atoms with Gasteiger partial charge in [0.2, 0.25) is 5.91 Å². The number of carbonyl (C=O) groups excluding carboxylic acids is 1. The number of thiophene rings is 1. The molecule has 1 aliphatic rings. The highest BCUT2D eigenvalue weighted by Gasteiger charge is 2.34. The number of hydrogen-bond acceptors (Lipinski definition) is 3. The van der Waals surface area contributed by atoms with Crippen molar-refractivity contribution in [3.05, 3.63) is 22.4 Å².